The molecule has 44 valence electrons. The normalized spacial score (nSPS) is 7.38. The molecule has 0 aromatic carbocycles. The van der Waals surface area contributed by atoms with Crippen molar-refractivity contribution in [3.63, 3.8) is 0 Å². The van der Waals surface area contributed by atoms with Crippen molar-refractivity contribution in [3.8, 4) is 0 Å². The average Bonchev–Trinajstić information content (AvgIpc) is 0.722. The van der Waals surface area contributed by atoms with Gasteiger partial charge in [-0.25, -0.2) is 0 Å². The molecule has 0 saturated carbocycles. The quantitative estimate of drug-likeness (QED) is 0.344. The summed E-state index contributed by atoms with van der Waals surface area (Å²) in [4.78, 5) is 0. The molecule has 7 heteroatoms. The Balaban J connectivity index is -0.00000000800. The van der Waals surface area contributed by atoms with E-state index in [1.54, 1.807) is 0 Å². The summed E-state index contributed by atoms with van der Waals surface area (Å²) in [5.74, 6) is 0. The Morgan fingerprint density at radius 2 is 1.12 bits per heavy atom. The maximum absolute atomic E-state index is 8.94. The predicted molar refractivity (Wildman–Crippen MR) is 22.1 cm³/mol. The van der Waals surface area contributed by atoms with Crippen LogP contribution in [-0.4, -0.2) is 26.8 Å². The van der Waals surface area contributed by atoms with E-state index < -0.39 is 14.5 Å². The minimum Gasteiger partial charge on any atom is -1.00 e. The summed E-state index contributed by atoms with van der Waals surface area (Å²) >= 11 is -5.12. The maximum atomic E-state index is 8.94. The molecule has 0 aromatic heterocycles. The smallest absolute Gasteiger partial charge is 1.00 e. The number of rotatable bonds is 0. The Labute approximate surface area is 98.6 Å². The molecule has 0 amide bonds. The molecule has 0 aliphatic heterocycles. The molecule has 0 aromatic rings. The molecule has 3 N–H and O–H groups in total. The number of hydrogen-bond donors (Lipinski definition) is 3. The van der Waals surface area contributed by atoms with E-state index in [-0.39, 0.29) is 69.4 Å². The Bertz CT molecular complexity index is 67.4. The SMILES string of the molecule is C.O=[As](O)(O)O.[H-].[H-].[Na+].[Na+]. The van der Waals surface area contributed by atoms with Crippen molar-refractivity contribution in [2.75, 3.05) is 0 Å². The van der Waals surface area contributed by atoms with Gasteiger partial charge in [-0.3, -0.25) is 0 Å². The third-order valence-electron chi connectivity index (χ3n) is 0. The molecule has 0 atom stereocenters. The van der Waals surface area contributed by atoms with Crippen LogP contribution in [0.4, 0.5) is 0 Å². The van der Waals surface area contributed by atoms with Crippen LogP contribution in [0.15, 0.2) is 0 Å². The standard InChI is InChI=1S/CH4.AsH3O4.2Na.2H/c;2-1(3,4)5;;;;/h1H4;(H3,2,3,4,5);;;;/q;;2*+1;2*-1. The van der Waals surface area contributed by atoms with Crippen LogP contribution in [0.5, 0.6) is 0 Å². The summed E-state index contributed by atoms with van der Waals surface area (Å²) in [6.07, 6.45) is 0. The van der Waals surface area contributed by atoms with E-state index in [9.17, 15) is 0 Å². The van der Waals surface area contributed by atoms with Gasteiger partial charge in [0, 0.05) is 0 Å². The zero-order valence-corrected chi connectivity index (χ0v) is 10.1. The minimum absolute atomic E-state index is 0. The summed E-state index contributed by atoms with van der Waals surface area (Å²) in [6.45, 7) is 0. The van der Waals surface area contributed by atoms with E-state index in [0.29, 0.717) is 0 Å². The van der Waals surface area contributed by atoms with Gasteiger partial charge in [0.2, 0.25) is 0 Å². The summed E-state index contributed by atoms with van der Waals surface area (Å²) in [6, 6.07) is 0. The van der Waals surface area contributed by atoms with Crippen molar-refractivity contribution in [3.05, 3.63) is 0 Å². The van der Waals surface area contributed by atoms with Gasteiger partial charge in [-0.15, -0.1) is 0 Å². The number of hydrogen-bond acceptors (Lipinski definition) is 1. The Morgan fingerprint density at radius 3 is 1.12 bits per heavy atom. The molecule has 0 aliphatic rings. The van der Waals surface area contributed by atoms with E-state index in [2.05, 4.69) is 0 Å². The predicted octanol–water partition coefficient (Wildman–Crippen LogP) is -7.30. The minimum atomic E-state index is -5.12. The van der Waals surface area contributed by atoms with Gasteiger partial charge in [0.25, 0.3) is 0 Å². The van der Waals surface area contributed by atoms with Gasteiger partial charge in [-0.2, -0.15) is 0 Å². The van der Waals surface area contributed by atoms with Gasteiger partial charge in [0.15, 0.2) is 0 Å². The monoisotopic (exact) mass is 206 g/mol. The second-order valence-electron chi connectivity index (χ2n) is 0.513. The second-order valence-corrected chi connectivity index (χ2v) is 2.67. The molecular weight excluding hydrogens is 197 g/mol. The second kappa shape index (κ2) is 9.24. The van der Waals surface area contributed by atoms with Gasteiger partial charge in [-0.1, -0.05) is 7.43 Å². The third-order valence-corrected chi connectivity index (χ3v) is 0. The van der Waals surface area contributed by atoms with Crippen LogP contribution < -0.4 is 59.1 Å². The Morgan fingerprint density at radius 1 is 1.12 bits per heavy atom. The maximum Gasteiger partial charge on any atom is 1.00 e. The first kappa shape index (κ1) is 22.5. The first-order valence-corrected chi connectivity index (χ1v) is 4.07. The van der Waals surface area contributed by atoms with E-state index >= 15 is 0 Å². The molecule has 8 heavy (non-hydrogen) atoms. The fourth-order valence-corrected chi connectivity index (χ4v) is 0. The van der Waals surface area contributed by atoms with Crippen molar-refractivity contribution in [2.24, 2.45) is 0 Å². The van der Waals surface area contributed by atoms with Gasteiger partial charge in [0.1, 0.15) is 0 Å². The first-order chi connectivity index (χ1) is 2.00. The van der Waals surface area contributed by atoms with Crippen LogP contribution >= 0.6 is 0 Å². The fourth-order valence-electron chi connectivity index (χ4n) is 0. The van der Waals surface area contributed by atoms with Gasteiger partial charge in [-0.05, 0) is 0 Å². The molecule has 4 nitrogen and oxygen atoms in total. The van der Waals surface area contributed by atoms with Crippen LogP contribution in [0.3, 0.4) is 0 Å². The average molecular weight is 206 g/mol. The van der Waals surface area contributed by atoms with Gasteiger partial charge in [0.05, 0.1) is 0 Å². The molecule has 0 heterocycles. The van der Waals surface area contributed by atoms with Crippen LogP contribution in [0.2, 0.25) is 0 Å². The molecule has 0 rings (SSSR count). The van der Waals surface area contributed by atoms with Crippen molar-refractivity contribution < 1.29 is 78.0 Å². The van der Waals surface area contributed by atoms with Crippen molar-refractivity contribution in [2.45, 2.75) is 7.43 Å². The van der Waals surface area contributed by atoms with Crippen LogP contribution in [0, 0.1) is 0 Å². The topological polar surface area (TPSA) is 77.8 Å². The molecule has 0 saturated heterocycles. The van der Waals surface area contributed by atoms with Crippen molar-refractivity contribution in [1.29, 1.82) is 0 Å². The fraction of sp³-hybridized carbons (Fsp3) is 1.00. The molecule has 0 unspecified atom stereocenters. The summed E-state index contributed by atoms with van der Waals surface area (Å²) in [7, 11) is 0. The molecular formula is CH9AsNa2O4. The molecule has 0 spiro atoms. The van der Waals surface area contributed by atoms with E-state index in [4.69, 9.17) is 16.0 Å². The molecule has 0 radical (unpaired) electrons. The van der Waals surface area contributed by atoms with E-state index in [1.807, 2.05) is 0 Å². The Kier molecular flexibility index (Phi) is 25.9. The molecule has 0 aliphatic carbocycles. The van der Waals surface area contributed by atoms with Crippen LogP contribution in [0.1, 0.15) is 10.3 Å². The zero-order chi connectivity index (χ0) is 4.50. The van der Waals surface area contributed by atoms with Crippen molar-refractivity contribution in [1.82, 2.24) is 0 Å². The first-order valence-electron chi connectivity index (χ1n) is 0.783. The zero-order valence-electron chi connectivity index (χ0n) is 6.20. The summed E-state index contributed by atoms with van der Waals surface area (Å²) in [5, 5.41) is 0. The molecule has 0 fully saturated rings. The Hall–Kier alpha value is 2.24. The summed E-state index contributed by atoms with van der Waals surface area (Å²) in [5.41, 5.74) is 0. The van der Waals surface area contributed by atoms with Gasteiger partial charge < -0.3 is 2.85 Å². The van der Waals surface area contributed by atoms with Crippen LogP contribution in [-0.2, 0) is 3.74 Å². The van der Waals surface area contributed by atoms with Crippen molar-refractivity contribution >= 4 is 14.5 Å². The van der Waals surface area contributed by atoms with E-state index in [1.165, 1.54) is 0 Å². The largest absolute Gasteiger partial charge is 1.00 e. The van der Waals surface area contributed by atoms with Gasteiger partial charge >= 0.3 is 89.7 Å². The van der Waals surface area contributed by atoms with E-state index in [0.717, 1.165) is 0 Å². The summed E-state index contributed by atoms with van der Waals surface area (Å²) < 4.78 is 30.7. The van der Waals surface area contributed by atoms with Crippen LogP contribution in [0.25, 0.3) is 0 Å². The third kappa shape index (κ3) is 86.1. The molecule has 0 bridgehead atoms.